The molecule has 1 N–H and O–H groups in total. The first kappa shape index (κ1) is 20.5. The summed E-state index contributed by atoms with van der Waals surface area (Å²) < 4.78 is 8.07. The maximum absolute atomic E-state index is 11.0. The molecule has 150 valence electrons. The highest BCUT2D eigenvalue weighted by Crippen LogP contribution is 2.23. The molecule has 0 bridgehead atoms. The zero-order chi connectivity index (χ0) is 20.8. The number of benzene rings is 1. The SMILES string of the molecule is CC#C[C@@H](CC(=O)O)c1ccc(OCc2ccc3ccn(CC(C)C)c3n2)cc1. The largest absolute Gasteiger partial charge is 0.487 e. The van der Waals surface area contributed by atoms with Crippen molar-refractivity contribution >= 4 is 17.0 Å². The van der Waals surface area contributed by atoms with Gasteiger partial charge in [-0.1, -0.05) is 31.9 Å². The van der Waals surface area contributed by atoms with Gasteiger partial charge in [0.25, 0.3) is 0 Å². The molecule has 2 aromatic heterocycles. The van der Waals surface area contributed by atoms with Gasteiger partial charge in [-0.2, -0.15) is 0 Å². The van der Waals surface area contributed by atoms with Crippen LogP contribution in [0.1, 0.15) is 44.4 Å². The molecule has 3 aromatic rings. The molecule has 0 unspecified atom stereocenters. The topological polar surface area (TPSA) is 64.3 Å². The number of carbonyl (C=O) groups is 1. The Labute approximate surface area is 171 Å². The number of ether oxygens (including phenoxy) is 1. The average Bonchev–Trinajstić information content (AvgIpc) is 3.08. The maximum atomic E-state index is 11.0. The summed E-state index contributed by atoms with van der Waals surface area (Å²) >= 11 is 0. The normalized spacial score (nSPS) is 11.9. The number of carboxylic acid groups (broad SMARTS) is 1. The zero-order valence-electron chi connectivity index (χ0n) is 17.1. The minimum absolute atomic E-state index is 0.0129. The van der Waals surface area contributed by atoms with Gasteiger partial charge in [-0.15, -0.1) is 5.92 Å². The Morgan fingerprint density at radius 1 is 1.17 bits per heavy atom. The molecule has 5 nitrogen and oxygen atoms in total. The summed E-state index contributed by atoms with van der Waals surface area (Å²) in [7, 11) is 0. The number of aromatic nitrogens is 2. The van der Waals surface area contributed by atoms with Crippen molar-refractivity contribution < 1.29 is 14.6 Å². The molecular formula is C24H26N2O3. The van der Waals surface area contributed by atoms with Gasteiger partial charge >= 0.3 is 5.97 Å². The van der Waals surface area contributed by atoms with Crippen LogP contribution < -0.4 is 4.74 Å². The molecule has 1 atom stereocenters. The molecule has 5 heteroatoms. The number of aliphatic carboxylic acids is 1. The average molecular weight is 390 g/mol. The fourth-order valence-corrected chi connectivity index (χ4v) is 3.28. The Balaban J connectivity index is 1.69. The van der Waals surface area contributed by atoms with Crippen molar-refractivity contribution in [2.75, 3.05) is 0 Å². The van der Waals surface area contributed by atoms with Crippen molar-refractivity contribution in [1.29, 1.82) is 0 Å². The van der Waals surface area contributed by atoms with Crippen LogP contribution in [0.15, 0.2) is 48.7 Å². The molecule has 0 saturated heterocycles. The van der Waals surface area contributed by atoms with Crippen LogP contribution in [0.3, 0.4) is 0 Å². The first-order valence-corrected chi connectivity index (χ1v) is 9.78. The van der Waals surface area contributed by atoms with Gasteiger partial charge < -0.3 is 14.4 Å². The lowest BCUT2D eigenvalue weighted by atomic mass is 9.96. The molecule has 0 saturated carbocycles. The van der Waals surface area contributed by atoms with Gasteiger partial charge in [0.2, 0.25) is 0 Å². The van der Waals surface area contributed by atoms with E-state index < -0.39 is 5.97 Å². The summed E-state index contributed by atoms with van der Waals surface area (Å²) in [5.41, 5.74) is 2.72. The first-order valence-electron chi connectivity index (χ1n) is 9.78. The second-order valence-electron chi connectivity index (χ2n) is 7.48. The van der Waals surface area contributed by atoms with Crippen LogP contribution in [-0.2, 0) is 17.9 Å². The second kappa shape index (κ2) is 9.29. The van der Waals surface area contributed by atoms with E-state index in [0.29, 0.717) is 18.3 Å². The van der Waals surface area contributed by atoms with Crippen LogP contribution in [0.4, 0.5) is 0 Å². The quantitative estimate of drug-likeness (QED) is 0.558. The number of rotatable bonds is 8. The number of carboxylic acids is 1. The van der Waals surface area contributed by atoms with Gasteiger partial charge in [-0.05, 0) is 48.7 Å². The molecule has 0 radical (unpaired) electrons. The van der Waals surface area contributed by atoms with Crippen molar-refractivity contribution in [3.05, 3.63) is 59.9 Å². The van der Waals surface area contributed by atoms with Crippen molar-refractivity contribution in [2.24, 2.45) is 5.92 Å². The van der Waals surface area contributed by atoms with Gasteiger partial charge in [0.1, 0.15) is 18.0 Å². The van der Waals surface area contributed by atoms with Crippen LogP contribution in [0.25, 0.3) is 11.0 Å². The van der Waals surface area contributed by atoms with Crippen LogP contribution >= 0.6 is 0 Å². The molecule has 0 aliphatic carbocycles. The van der Waals surface area contributed by atoms with E-state index in [-0.39, 0.29) is 12.3 Å². The van der Waals surface area contributed by atoms with E-state index in [9.17, 15) is 4.79 Å². The third-order valence-corrected chi connectivity index (χ3v) is 4.60. The molecule has 0 fully saturated rings. The lowest BCUT2D eigenvalue weighted by molar-refractivity contribution is -0.137. The summed E-state index contributed by atoms with van der Waals surface area (Å²) in [5.74, 6) is 5.85. The number of pyridine rings is 1. The summed E-state index contributed by atoms with van der Waals surface area (Å²) in [6, 6.07) is 13.6. The minimum Gasteiger partial charge on any atom is -0.487 e. The van der Waals surface area contributed by atoms with Gasteiger partial charge in [0.15, 0.2) is 0 Å². The highest BCUT2D eigenvalue weighted by molar-refractivity contribution is 5.76. The van der Waals surface area contributed by atoms with Crippen LogP contribution in [0.5, 0.6) is 5.75 Å². The lowest BCUT2D eigenvalue weighted by Gasteiger charge is -2.11. The van der Waals surface area contributed by atoms with Gasteiger partial charge in [0, 0.05) is 18.1 Å². The Kier molecular flexibility index (Phi) is 6.56. The molecule has 2 heterocycles. The standard InChI is InChI=1S/C24H26N2O3/c1-4-5-20(14-23(27)28)18-7-10-22(11-8-18)29-16-21-9-6-19-12-13-26(15-17(2)3)24(19)25-21/h6-13,17,20H,14-16H2,1-3H3,(H,27,28)/t20-/m0/s1. The second-order valence-corrected chi connectivity index (χ2v) is 7.48. The molecule has 29 heavy (non-hydrogen) atoms. The van der Waals surface area contributed by atoms with Gasteiger partial charge in [-0.3, -0.25) is 4.79 Å². The predicted octanol–water partition coefficient (Wildman–Crippen LogP) is 4.85. The number of fused-ring (bicyclic) bond motifs is 1. The number of hydrogen-bond acceptors (Lipinski definition) is 3. The van der Waals surface area contributed by atoms with E-state index in [0.717, 1.165) is 28.8 Å². The first-order chi connectivity index (χ1) is 14.0. The highest BCUT2D eigenvalue weighted by atomic mass is 16.5. The predicted molar refractivity (Wildman–Crippen MR) is 114 cm³/mol. The molecule has 0 spiro atoms. The molecule has 1 aromatic carbocycles. The highest BCUT2D eigenvalue weighted by Gasteiger charge is 2.13. The van der Waals surface area contributed by atoms with Crippen LogP contribution in [-0.4, -0.2) is 20.6 Å². The van der Waals surface area contributed by atoms with E-state index in [1.165, 1.54) is 0 Å². The third-order valence-electron chi connectivity index (χ3n) is 4.60. The Bertz CT molecular complexity index is 1040. The fraction of sp³-hybridized carbons (Fsp3) is 0.333. The lowest BCUT2D eigenvalue weighted by Crippen LogP contribution is -2.06. The van der Waals surface area contributed by atoms with E-state index in [1.54, 1.807) is 6.92 Å². The number of nitrogens with zero attached hydrogens (tertiary/aromatic N) is 2. The third kappa shape index (κ3) is 5.39. The summed E-state index contributed by atoms with van der Waals surface area (Å²) in [5, 5.41) is 10.2. The summed E-state index contributed by atoms with van der Waals surface area (Å²) in [6.45, 7) is 7.40. The Morgan fingerprint density at radius 3 is 2.59 bits per heavy atom. The van der Waals surface area contributed by atoms with Gasteiger partial charge in [-0.25, -0.2) is 4.98 Å². The van der Waals surface area contributed by atoms with Crippen LogP contribution in [0, 0.1) is 17.8 Å². The van der Waals surface area contributed by atoms with Crippen LogP contribution in [0.2, 0.25) is 0 Å². The zero-order valence-corrected chi connectivity index (χ0v) is 17.1. The Hall–Kier alpha value is -3.26. The Morgan fingerprint density at radius 2 is 1.93 bits per heavy atom. The maximum Gasteiger partial charge on any atom is 0.304 e. The van der Waals surface area contributed by atoms with E-state index >= 15 is 0 Å². The van der Waals surface area contributed by atoms with E-state index in [2.05, 4.69) is 48.6 Å². The van der Waals surface area contributed by atoms with Gasteiger partial charge in [0.05, 0.1) is 18.0 Å². The van der Waals surface area contributed by atoms with Crippen molar-refractivity contribution in [3.8, 4) is 17.6 Å². The number of hydrogen-bond donors (Lipinski definition) is 1. The molecule has 0 amide bonds. The van der Waals surface area contributed by atoms with Crippen molar-refractivity contribution in [1.82, 2.24) is 9.55 Å². The molecular weight excluding hydrogens is 364 g/mol. The summed E-state index contributed by atoms with van der Waals surface area (Å²) in [6.07, 6.45) is 2.06. The molecule has 0 aliphatic heterocycles. The fourth-order valence-electron chi connectivity index (χ4n) is 3.28. The van der Waals surface area contributed by atoms with E-state index in [4.69, 9.17) is 14.8 Å². The smallest absolute Gasteiger partial charge is 0.304 e. The van der Waals surface area contributed by atoms with Crippen molar-refractivity contribution in [3.63, 3.8) is 0 Å². The van der Waals surface area contributed by atoms with E-state index in [1.807, 2.05) is 30.3 Å². The molecule has 0 aliphatic rings. The summed E-state index contributed by atoms with van der Waals surface area (Å²) in [4.78, 5) is 15.8. The minimum atomic E-state index is -0.859. The molecule has 3 rings (SSSR count). The monoisotopic (exact) mass is 390 g/mol. The van der Waals surface area contributed by atoms with Crippen molar-refractivity contribution in [2.45, 2.75) is 46.3 Å².